The lowest BCUT2D eigenvalue weighted by molar-refractivity contribution is 0.161. The molecule has 3 rings (SSSR count). The van der Waals surface area contributed by atoms with Crippen LogP contribution < -0.4 is 5.32 Å². The van der Waals surface area contributed by atoms with E-state index in [1.54, 1.807) is 0 Å². The number of benzene rings is 1. The summed E-state index contributed by atoms with van der Waals surface area (Å²) in [7, 11) is 2.11. The third-order valence-corrected chi connectivity index (χ3v) is 4.97. The zero-order valence-corrected chi connectivity index (χ0v) is 12.4. The van der Waals surface area contributed by atoms with Gasteiger partial charge in [0.05, 0.1) is 0 Å². The second-order valence-electron chi connectivity index (χ2n) is 6.96. The number of rotatable bonds is 2. The van der Waals surface area contributed by atoms with E-state index >= 15 is 0 Å². The van der Waals surface area contributed by atoms with Crippen LogP contribution in [0.25, 0.3) is 0 Å². The molecule has 1 aromatic rings. The predicted octanol–water partition coefficient (Wildman–Crippen LogP) is 2.99. The van der Waals surface area contributed by atoms with Gasteiger partial charge in [-0.05, 0) is 49.4 Å². The molecule has 0 amide bonds. The van der Waals surface area contributed by atoms with Crippen LogP contribution in [0.5, 0.6) is 0 Å². The van der Waals surface area contributed by atoms with E-state index in [1.165, 1.54) is 43.5 Å². The summed E-state index contributed by atoms with van der Waals surface area (Å²) < 4.78 is 0. The summed E-state index contributed by atoms with van der Waals surface area (Å²) in [6.45, 7) is 7.31. The van der Waals surface area contributed by atoms with Gasteiger partial charge in [-0.15, -0.1) is 0 Å². The summed E-state index contributed by atoms with van der Waals surface area (Å²) in [5, 5.41) is 3.57. The average Bonchev–Trinajstić information content (AvgIpc) is 2.77. The number of likely N-dealkylation sites (N-methyl/N-ethyl adjacent to an activating group) is 1. The SMILES string of the molecule is CNC1c2ccccc2CCC1N1CCC(C)(C)C1. The first-order valence-corrected chi connectivity index (χ1v) is 7.60. The monoisotopic (exact) mass is 258 g/mol. The lowest BCUT2D eigenvalue weighted by Crippen LogP contribution is -2.45. The minimum atomic E-state index is 0.495. The Labute approximate surface area is 117 Å². The maximum absolute atomic E-state index is 3.57. The normalized spacial score (nSPS) is 30.3. The largest absolute Gasteiger partial charge is 0.312 e. The van der Waals surface area contributed by atoms with E-state index in [-0.39, 0.29) is 0 Å². The van der Waals surface area contributed by atoms with Gasteiger partial charge in [0.15, 0.2) is 0 Å². The lowest BCUT2D eigenvalue weighted by Gasteiger charge is -2.39. The van der Waals surface area contributed by atoms with Crippen molar-refractivity contribution in [1.29, 1.82) is 0 Å². The van der Waals surface area contributed by atoms with Crippen molar-refractivity contribution in [2.45, 2.75) is 45.2 Å². The van der Waals surface area contributed by atoms with Crippen LogP contribution in [0.1, 0.15) is 43.9 Å². The fourth-order valence-corrected chi connectivity index (χ4v) is 3.92. The Morgan fingerprint density at radius 3 is 2.74 bits per heavy atom. The third-order valence-electron chi connectivity index (χ3n) is 4.97. The molecule has 0 radical (unpaired) electrons. The Bertz CT molecular complexity index is 452. The average molecular weight is 258 g/mol. The van der Waals surface area contributed by atoms with Gasteiger partial charge >= 0.3 is 0 Å². The van der Waals surface area contributed by atoms with Crippen molar-refractivity contribution in [2.75, 3.05) is 20.1 Å². The molecule has 2 nitrogen and oxygen atoms in total. The highest BCUT2D eigenvalue weighted by Gasteiger charge is 2.38. The number of fused-ring (bicyclic) bond motifs is 1. The number of nitrogens with zero attached hydrogens (tertiary/aromatic N) is 1. The maximum atomic E-state index is 3.57. The first-order chi connectivity index (χ1) is 9.11. The van der Waals surface area contributed by atoms with E-state index < -0.39 is 0 Å². The first-order valence-electron chi connectivity index (χ1n) is 7.60. The number of nitrogens with one attached hydrogen (secondary N) is 1. The fourth-order valence-electron chi connectivity index (χ4n) is 3.92. The molecule has 1 aliphatic carbocycles. The van der Waals surface area contributed by atoms with E-state index in [4.69, 9.17) is 0 Å². The van der Waals surface area contributed by atoms with E-state index in [2.05, 4.69) is 55.4 Å². The first kappa shape index (κ1) is 13.1. The van der Waals surface area contributed by atoms with Gasteiger partial charge in [-0.1, -0.05) is 38.1 Å². The minimum Gasteiger partial charge on any atom is -0.312 e. The Kier molecular flexibility index (Phi) is 3.40. The molecule has 1 fully saturated rings. The number of hydrogen-bond donors (Lipinski definition) is 1. The second kappa shape index (κ2) is 4.92. The van der Waals surface area contributed by atoms with Crippen LogP contribution in [-0.2, 0) is 6.42 Å². The Hall–Kier alpha value is -0.860. The summed E-state index contributed by atoms with van der Waals surface area (Å²) in [6, 6.07) is 10.1. The summed E-state index contributed by atoms with van der Waals surface area (Å²) >= 11 is 0. The molecule has 0 aromatic heterocycles. The van der Waals surface area contributed by atoms with Gasteiger partial charge in [-0.2, -0.15) is 0 Å². The van der Waals surface area contributed by atoms with Crippen LogP contribution >= 0.6 is 0 Å². The Balaban J connectivity index is 1.85. The molecule has 2 unspecified atom stereocenters. The molecule has 2 heteroatoms. The minimum absolute atomic E-state index is 0.495. The van der Waals surface area contributed by atoms with Crippen molar-refractivity contribution in [2.24, 2.45) is 5.41 Å². The van der Waals surface area contributed by atoms with Crippen LogP contribution in [0.4, 0.5) is 0 Å². The molecule has 0 saturated carbocycles. The Morgan fingerprint density at radius 1 is 1.26 bits per heavy atom. The molecule has 1 aliphatic heterocycles. The number of hydrogen-bond acceptors (Lipinski definition) is 2. The summed E-state index contributed by atoms with van der Waals surface area (Å²) in [6.07, 6.45) is 3.86. The molecular formula is C17H26N2. The van der Waals surface area contributed by atoms with E-state index in [1.807, 2.05) is 0 Å². The van der Waals surface area contributed by atoms with Crippen molar-refractivity contribution in [3.63, 3.8) is 0 Å². The molecule has 104 valence electrons. The molecule has 2 atom stereocenters. The van der Waals surface area contributed by atoms with Gasteiger partial charge in [0.25, 0.3) is 0 Å². The van der Waals surface area contributed by atoms with E-state index in [0.717, 1.165) is 0 Å². The van der Waals surface area contributed by atoms with Crippen molar-refractivity contribution >= 4 is 0 Å². The highest BCUT2D eigenvalue weighted by molar-refractivity contribution is 5.34. The van der Waals surface area contributed by atoms with Gasteiger partial charge in [0.1, 0.15) is 0 Å². The summed E-state index contributed by atoms with van der Waals surface area (Å²) in [5.74, 6) is 0. The van der Waals surface area contributed by atoms with Crippen molar-refractivity contribution in [3.8, 4) is 0 Å². The van der Waals surface area contributed by atoms with Crippen LogP contribution in [0.15, 0.2) is 24.3 Å². The molecular weight excluding hydrogens is 232 g/mol. The van der Waals surface area contributed by atoms with Gasteiger partial charge in [0, 0.05) is 18.6 Å². The van der Waals surface area contributed by atoms with Gasteiger partial charge in [-0.25, -0.2) is 0 Å². The van der Waals surface area contributed by atoms with Crippen molar-refractivity contribution in [1.82, 2.24) is 10.2 Å². The Morgan fingerprint density at radius 2 is 2.05 bits per heavy atom. The highest BCUT2D eigenvalue weighted by atomic mass is 15.2. The van der Waals surface area contributed by atoms with Crippen LogP contribution in [0, 0.1) is 5.41 Å². The zero-order valence-electron chi connectivity index (χ0n) is 12.4. The quantitative estimate of drug-likeness (QED) is 0.877. The molecule has 0 spiro atoms. The summed E-state index contributed by atoms with van der Waals surface area (Å²) in [4.78, 5) is 2.72. The molecule has 0 bridgehead atoms. The highest BCUT2D eigenvalue weighted by Crippen LogP contribution is 2.38. The van der Waals surface area contributed by atoms with Crippen molar-refractivity contribution in [3.05, 3.63) is 35.4 Å². The maximum Gasteiger partial charge on any atom is 0.0478 e. The lowest BCUT2D eigenvalue weighted by atomic mass is 9.83. The smallest absolute Gasteiger partial charge is 0.0478 e. The van der Waals surface area contributed by atoms with Crippen LogP contribution in [0.2, 0.25) is 0 Å². The molecule has 1 heterocycles. The topological polar surface area (TPSA) is 15.3 Å². The van der Waals surface area contributed by atoms with Crippen LogP contribution in [-0.4, -0.2) is 31.1 Å². The number of likely N-dealkylation sites (tertiary alicyclic amines) is 1. The van der Waals surface area contributed by atoms with E-state index in [9.17, 15) is 0 Å². The third kappa shape index (κ3) is 2.44. The van der Waals surface area contributed by atoms with Gasteiger partial charge in [-0.3, -0.25) is 4.90 Å². The second-order valence-corrected chi connectivity index (χ2v) is 6.96. The number of aryl methyl sites for hydroxylation is 1. The molecule has 2 aliphatic rings. The van der Waals surface area contributed by atoms with Crippen LogP contribution in [0.3, 0.4) is 0 Å². The predicted molar refractivity (Wildman–Crippen MR) is 80.3 cm³/mol. The zero-order chi connectivity index (χ0) is 13.5. The molecule has 1 N–H and O–H groups in total. The summed E-state index contributed by atoms with van der Waals surface area (Å²) in [5.41, 5.74) is 3.55. The van der Waals surface area contributed by atoms with Gasteiger partial charge in [0.2, 0.25) is 0 Å². The van der Waals surface area contributed by atoms with Crippen molar-refractivity contribution < 1.29 is 0 Å². The molecule has 19 heavy (non-hydrogen) atoms. The molecule has 1 saturated heterocycles. The van der Waals surface area contributed by atoms with Gasteiger partial charge < -0.3 is 5.32 Å². The van der Waals surface area contributed by atoms with E-state index in [0.29, 0.717) is 17.5 Å². The standard InChI is InChI=1S/C17H26N2/c1-17(2)10-11-19(12-17)15-9-8-13-6-4-5-7-14(13)16(15)18-3/h4-7,15-16,18H,8-12H2,1-3H3. The fraction of sp³-hybridized carbons (Fsp3) is 0.647. The molecule has 1 aromatic carbocycles.